The van der Waals surface area contributed by atoms with Crippen molar-refractivity contribution in [3.63, 3.8) is 0 Å². The highest BCUT2D eigenvalue weighted by atomic mass is 16.2. The van der Waals surface area contributed by atoms with Crippen molar-refractivity contribution in [3.8, 4) is 0 Å². The van der Waals surface area contributed by atoms with Gasteiger partial charge in [-0.1, -0.05) is 26.7 Å². The van der Waals surface area contributed by atoms with E-state index in [1.165, 1.54) is 25.7 Å². The molecule has 1 aliphatic rings. The first-order chi connectivity index (χ1) is 9.45. The minimum Gasteiger partial charge on any atom is -0.352 e. The first-order valence-electron chi connectivity index (χ1n) is 8.16. The van der Waals surface area contributed by atoms with E-state index in [0.717, 1.165) is 19.4 Å². The Balaban J connectivity index is 2.45. The summed E-state index contributed by atoms with van der Waals surface area (Å²) in [6.07, 6.45) is 7.05. The number of amides is 1. The average Bonchev–Trinajstić information content (AvgIpc) is 2.92. The molecule has 0 spiro atoms. The third kappa shape index (κ3) is 4.45. The molecule has 118 valence electrons. The van der Waals surface area contributed by atoms with Crippen molar-refractivity contribution in [3.05, 3.63) is 0 Å². The molecule has 1 amide bonds. The summed E-state index contributed by atoms with van der Waals surface area (Å²) in [5, 5.41) is 6.56. The van der Waals surface area contributed by atoms with E-state index in [2.05, 4.69) is 43.5 Å². The number of nitrogens with one attached hydrogen (secondary N) is 2. The van der Waals surface area contributed by atoms with Gasteiger partial charge in [0.25, 0.3) is 0 Å². The lowest BCUT2D eigenvalue weighted by Gasteiger charge is -2.37. The van der Waals surface area contributed by atoms with Crippen LogP contribution in [0, 0.1) is 0 Å². The van der Waals surface area contributed by atoms with Crippen molar-refractivity contribution < 1.29 is 4.79 Å². The van der Waals surface area contributed by atoms with E-state index in [1.807, 2.05) is 6.92 Å². The molecule has 0 aromatic carbocycles. The maximum Gasteiger partial charge on any atom is 0.237 e. The van der Waals surface area contributed by atoms with E-state index in [0.29, 0.717) is 6.04 Å². The minimum atomic E-state index is -0.118. The topological polar surface area (TPSA) is 44.4 Å². The van der Waals surface area contributed by atoms with Gasteiger partial charge in [0.05, 0.1) is 6.04 Å². The van der Waals surface area contributed by atoms with Gasteiger partial charge in [-0.15, -0.1) is 0 Å². The molecular weight excluding hydrogens is 250 g/mol. The van der Waals surface area contributed by atoms with E-state index in [4.69, 9.17) is 0 Å². The Bertz CT molecular complexity index is 294. The normalized spacial score (nSPS) is 19.6. The Hall–Kier alpha value is -0.610. The number of likely N-dealkylation sites (N-methyl/N-ethyl adjacent to an activating group) is 1. The first kappa shape index (κ1) is 17.4. The standard InChI is InChI=1S/C16H33N3O/c1-6-14(7-2)18-15(20)13(3)17-12-16(19(4)5)10-8-9-11-16/h13-14,17H,6-12H2,1-5H3,(H,18,20). The number of hydrogen-bond acceptors (Lipinski definition) is 3. The summed E-state index contributed by atoms with van der Waals surface area (Å²) >= 11 is 0. The number of nitrogens with zero attached hydrogens (tertiary/aromatic N) is 1. The Kier molecular flexibility index (Phi) is 6.96. The number of carbonyl (C=O) groups excluding carboxylic acids is 1. The van der Waals surface area contributed by atoms with Gasteiger partial charge in [-0.2, -0.15) is 0 Å². The van der Waals surface area contributed by atoms with Gasteiger partial charge in [0.2, 0.25) is 5.91 Å². The lowest BCUT2D eigenvalue weighted by atomic mass is 9.95. The van der Waals surface area contributed by atoms with Crippen molar-refractivity contribution >= 4 is 5.91 Å². The van der Waals surface area contributed by atoms with E-state index < -0.39 is 0 Å². The van der Waals surface area contributed by atoms with Crippen LogP contribution in [0.4, 0.5) is 0 Å². The summed E-state index contributed by atoms with van der Waals surface area (Å²) in [6.45, 7) is 7.10. The van der Waals surface area contributed by atoms with E-state index >= 15 is 0 Å². The summed E-state index contributed by atoms with van der Waals surface area (Å²) in [5.74, 6) is 0.130. The summed E-state index contributed by atoms with van der Waals surface area (Å²) in [4.78, 5) is 14.5. The Labute approximate surface area is 124 Å². The summed E-state index contributed by atoms with van der Waals surface area (Å²) in [6, 6.07) is 0.189. The highest BCUT2D eigenvalue weighted by Crippen LogP contribution is 2.33. The molecule has 0 heterocycles. The second-order valence-electron chi connectivity index (χ2n) is 6.45. The Morgan fingerprint density at radius 3 is 2.20 bits per heavy atom. The van der Waals surface area contributed by atoms with Crippen LogP contribution in [0.1, 0.15) is 59.3 Å². The van der Waals surface area contributed by atoms with Gasteiger partial charge in [-0.25, -0.2) is 0 Å². The van der Waals surface area contributed by atoms with Crippen LogP contribution < -0.4 is 10.6 Å². The largest absolute Gasteiger partial charge is 0.352 e. The zero-order chi connectivity index (χ0) is 15.2. The molecule has 2 N–H and O–H groups in total. The van der Waals surface area contributed by atoms with Gasteiger partial charge in [-0.3, -0.25) is 4.79 Å². The number of hydrogen-bond donors (Lipinski definition) is 2. The lowest BCUT2D eigenvalue weighted by molar-refractivity contribution is -0.123. The van der Waals surface area contributed by atoms with Crippen LogP contribution in [0.2, 0.25) is 0 Å². The van der Waals surface area contributed by atoms with Gasteiger partial charge in [0.1, 0.15) is 0 Å². The maximum absolute atomic E-state index is 12.2. The maximum atomic E-state index is 12.2. The molecule has 0 radical (unpaired) electrons. The highest BCUT2D eigenvalue weighted by molar-refractivity contribution is 5.81. The van der Waals surface area contributed by atoms with Crippen LogP contribution in [0.15, 0.2) is 0 Å². The highest BCUT2D eigenvalue weighted by Gasteiger charge is 2.36. The molecule has 4 heteroatoms. The SMILES string of the molecule is CCC(CC)NC(=O)C(C)NCC1(N(C)C)CCCC1. The van der Waals surface area contributed by atoms with Gasteiger partial charge < -0.3 is 15.5 Å². The molecule has 0 bridgehead atoms. The zero-order valence-electron chi connectivity index (χ0n) is 14.0. The Morgan fingerprint density at radius 1 is 1.20 bits per heavy atom. The average molecular weight is 283 g/mol. The number of rotatable bonds is 8. The molecule has 4 nitrogen and oxygen atoms in total. The van der Waals surface area contributed by atoms with Crippen molar-refractivity contribution in [2.75, 3.05) is 20.6 Å². The molecule has 1 fully saturated rings. The lowest BCUT2D eigenvalue weighted by Crippen LogP contribution is -2.54. The third-order valence-electron chi connectivity index (χ3n) is 4.95. The molecule has 0 aliphatic heterocycles. The van der Waals surface area contributed by atoms with Crippen LogP contribution in [0.25, 0.3) is 0 Å². The van der Waals surface area contributed by atoms with Gasteiger partial charge in [0.15, 0.2) is 0 Å². The first-order valence-corrected chi connectivity index (χ1v) is 8.16. The van der Waals surface area contributed by atoms with Crippen molar-refractivity contribution in [1.29, 1.82) is 0 Å². The number of carbonyl (C=O) groups is 1. The molecule has 1 saturated carbocycles. The molecule has 1 aliphatic carbocycles. The van der Waals surface area contributed by atoms with Crippen LogP contribution in [0.3, 0.4) is 0 Å². The second kappa shape index (κ2) is 7.99. The Morgan fingerprint density at radius 2 is 1.75 bits per heavy atom. The summed E-state index contributed by atoms with van der Waals surface area (Å²) in [7, 11) is 4.31. The van der Waals surface area contributed by atoms with Crippen LogP contribution >= 0.6 is 0 Å². The second-order valence-corrected chi connectivity index (χ2v) is 6.45. The van der Waals surface area contributed by atoms with E-state index in [1.54, 1.807) is 0 Å². The minimum absolute atomic E-state index is 0.118. The molecule has 0 aromatic rings. The summed E-state index contributed by atoms with van der Waals surface area (Å²) in [5.41, 5.74) is 0.240. The fourth-order valence-electron chi connectivity index (χ4n) is 3.07. The van der Waals surface area contributed by atoms with Gasteiger partial charge in [-0.05, 0) is 46.7 Å². The predicted octanol–water partition coefficient (Wildman–Crippen LogP) is 2.14. The van der Waals surface area contributed by atoms with E-state index in [-0.39, 0.29) is 17.5 Å². The smallest absolute Gasteiger partial charge is 0.237 e. The third-order valence-corrected chi connectivity index (χ3v) is 4.95. The quantitative estimate of drug-likeness (QED) is 0.717. The van der Waals surface area contributed by atoms with Crippen LogP contribution in [-0.2, 0) is 4.79 Å². The van der Waals surface area contributed by atoms with Gasteiger partial charge in [0, 0.05) is 18.1 Å². The molecule has 0 saturated heterocycles. The van der Waals surface area contributed by atoms with Crippen molar-refractivity contribution in [2.45, 2.75) is 76.9 Å². The van der Waals surface area contributed by atoms with E-state index in [9.17, 15) is 4.79 Å². The van der Waals surface area contributed by atoms with Crippen molar-refractivity contribution in [1.82, 2.24) is 15.5 Å². The molecule has 1 rings (SSSR count). The van der Waals surface area contributed by atoms with Gasteiger partial charge >= 0.3 is 0 Å². The zero-order valence-corrected chi connectivity index (χ0v) is 14.0. The fourth-order valence-corrected chi connectivity index (χ4v) is 3.07. The molecule has 20 heavy (non-hydrogen) atoms. The fraction of sp³-hybridized carbons (Fsp3) is 0.938. The molecule has 0 aromatic heterocycles. The molecular formula is C16H33N3O. The molecule has 1 atom stereocenters. The van der Waals surface area contributed by atoms with Crippen molar-refractivity contribution in [2.24, 2.45) is 0 Å². The monoisotopic (exact) mass is 283 g/mol. The van der Waals surface area contributed by atoms with Crippen LogP contribution in [0.5, 0.6) is 0 Å². The predicted molar refractivity (Wildman–Crippen MR) is 84.9 cm³/mol. The van der Waals surface area contributed by atoms with Crippen LogP contribution in [-0.4, -0.2) is 49.1 Å². The molecule has 1 unspecified atom stereocenters. The summed E-state index contributed by atoms with van der Waals surface area (Å²) < 4.78 is 0.